The van der Waals surface area contributed by atoms with Crippen LogP contribution in [0.5, 0.6) is 11.5 Å². The van der Waals surface area contributed by atoms with E-state index in [1.54, 1.807) is 13.2 Å². The molecular weight excluding hydrogens is 492 g/mol. The van der Waals surface area contributed by atoms with E-state index in [1.807, 2.05) is 37.3 Å². The average molecular weight is 523 g/mol. The van der Waals surface area contributed by atoms with Gasteiger partial charge in [0.05, 0.1) is 12.1 Å². The molecule has 4 rings (SSSR count). The fourth-order valence-corrected chi connectivity index (χ4v) is 4.99. The minimum absolute atomic E-state index is 0.192. The van der Waals surface area contributed by atoms with Gasteiger partial charge in [-0.1, -0.05) is 71.8 Å². The van der Waals surface area contributed by atoms with Crippen molar-refractivity contribution in [3.63, 3.8) is 0 Å². The Labute approximate surface area is 223 Å². The van der Waals surface area contributed by atoms with Crippen LogP contribution in [-0.4, -0.2) is 42.6 Å². The van der Waals surface area contributed by atoms with Gasteiger partial charge in [-0.3, -0.25) is 4.79 Å². The van der Waals surface area contributed by atoms with Crippen LogP contribution in [-0.2, 0) is 11.2 Å². The Bertz CT molecular complexity index is 1190. The van der Waals surface area contributed by atoms with Crippen LogP contribution in [0.4, 0.5) is 5.69 Å². The number of ether oxygens (including phenoxy) is 2. The molecule has 0 unspecified atom stereocenters. The van der Waals surface area contributed by atoms with Crippen molar-refractivity contribution in [1.82, 2.24) is 4.90 Å². The van der Waals surface area contributed by atoms with Crippen molar-refractivity contribution in [2.75, 3.05) is 32.1 Å². The maximum atomic E-state index is 12.4. The number of halogens is 1. The van der Waals surface area contributed by atoms with Crippen LogP contribution in [0.15, 0.2) is 66.7 Å². The highest BCUT2D eigenvalue weighted by atomic mass is 35.5. The average Bonchev–Trinajstić information content (AvgIpc) is 2.89. The number of amides is 1. The van der Waals surface area contributed by atoms with E-state index in [0.29, 0.717) is 28.1 Å². The summed E-state index contributed by atoms with van der Waals surface area (Å²) in [5, 5.41) is 3.17. The smallest absolute Gasteiger partial charge is 0.262 e. The van der Waals surface area contributed by atoms with Crippen LogP contribution in [0, 0.1) is 12.8 Å². The third-order valence-corrected chi connectivity index (χ3v) is 7.20. The minimum Gasteiger partial charge on any atom is -0.493 e. The largest absolute Gasteiger partial charge is 0.493 e. The van der Waals surface area contributed by atoms with Gasteiger partial charge < -0.3 is 19.7 Å². The Balaban J connectivity index is 1.35. The SMILES string of the molecule is COc1cc(C(=S)N2CCC(Cc3ccccc3)CC2)cc(Cl)c1OCC(=O)Nc1ccc(C)cc1. The Morgan fingerprint density at radius 1 is 1.08 bits per heavy atom. The number of carbonyl (C=O) groups is 1. The number of piperidine rings is 1. The number of likely N-dealkylation sites (tertiary alicyclic amines) is 1. The Hall–Kier alpha value is -3.09. The normalized spacial score (nSPS) is 13.8. The van der Waals surface area contributed by atoms with Crippen LogP contribution < -0.4 is 14.8 Å². The predicted molar refractivity (Wildman–Crippen MR) is 149 cm³/mol. The van der Waals surface area contributed by atoms with Crippen molar-refractivity contribution in [3.8, 4) is 11.5 Å². The lowest BCUT2D eigenvalue weighted by atomic mass is 9.90. The van der Waals surface area contributed by atoms with E-state index in [2.05, 4.69) is 40.5 Å². The minimum atomic E-state index is -0.282. The lowest BCUT2D eigenvalue weighted by Crippen LogP contribution is -2.38. The van der Waals surface area contributed by atoms with Gasteiger partial charge in [-0.25, -0.2) is 0 Å². The molecule has 5 nitrogen and oxygen atoms in total. The molecule has 0 aliphatic carbocycles. The van der Waals surface area contributed by atoms with Crippen LogP contribution in [0.3, 0.4) is 0 Å². The number of carbonyl (C=O) groups excluding carboxylic acids is 1. The highest BCUT2D eigenvalue weighted by Gasteiger charge is 2.23. The second-order valence-corrected chi connectivity index (χ2v) is 9.91. The molecule has 1 aliphatic heterocycles. The maximum Gasteiger partial charge on any atom is 0.262 e. The van der Waals surface area contributed by atoms with Gasteiger partial charge in [0.1, 0.15) is 4.99 Å². The van der Waals surface area contributed by atoms with Gasteiger partial charge in [-0.05, 0) is 61.9 Å². The molecule has 0 aromatic heterocycles. The third kappa shape index (κ3) is 6.77. The summed E-state index contributed by atoms with van der Waals surface area (Å²) in [5.41, 5.74) is 4.03. The van der Waals surface area contributed by atoms with Crippen LogP contribution >= 0.6 is 23.8 Å². The fourth-order valence-electron chi connectivity index (χ4n) is 4.43. The zero-order valence-corrected chi connectivity index (χ0v) is 22.2. The van der Waals surface area contributed by atoms with Crippen molar-refractivity contribution in [2.24, 2.45) is 5.92 Å². The number of hydrogen-bond donors (Lipinski definition) is 1. The summed E-state index contributed by atoms with van der Waals surface area (Å²) in [5.74, 6) is 1.15. The topological polar surface area (TPSA) is 50.8 Å². The first-order valence-electron chi connectivity index (χ1n) is 12.1. The summed E-state index contributed by atoms with van der Waals surface area (Å²) in [4.78, 5) is 15.3. The molecule has 1 heterocycles. The molecule has 1 saturated heterocycles. The van der Waals surface area contributed by atoms with Gasteiger partial charge in [0, 0.05) is 24.3 Å². The Morgan fingerprint density at radius 3 is 2.44 bits per heavy atom. The predicted octanol–water partition coefficient (Wildman–Crippen LogP) is 6.30. The quantitative estimate of drug-likeness (QED) is 0.351. The van der Waals surface area contributed by atoms with Crippen molar-refractivity contribution >= 4 is 40.4 Å². The summed E-state index contributed by atoms with van der Waals surface area (Å²) in [6.07, 6.45) is 3.29. The van der Waals surface area contributed by atoms with Crippen molar-refractivity contribution in [2.45, 2.75) is 26.2 Å². The number of benzene rings is 3. The van der Waals surface area contributed by atoms with Gasteiger partial charge in [-0.2, -0.15) is 0 Å². The summed E-state index contributed by atoms with van der Waals surface area (Å²) < 4.78 is 11.3. The van der Waals surface area contributed by atoms with Crippen molar-refractivity contribution < 1.29 is 14.3 Å². The van der Waals surface area contributed by atoms with Crippen LogP contribution in [0.25, 0.3) is 0 Å². The zero-order chi connectivity index (χ0) is 25.5. The number of methoxy groups -OCH3 is 1. The number of hydrogen-bond acceptors (Lipinski definition) is 4. The van der Waals surface area contributed by atoms with Crippen molar-refractivity contribution in [3.05, 3.63) is 88.4 Å². The molecule has 0 spiro atoms. The molecule has 1 aliphatic rings. The molecule has 0 atom stereocenters. The van der Waals surface area contributed by atoms with Gasteiger partial charge in [0.15, 0.2) is 18.1 Å². The van der Waals surface area contributed by atoms with Gasteiger partial charge >= 0.3 is 0 Å². The molecular formula is C29H31ClN2O3S. The van der Waals surface area contributed by atoms with E-state index >= 15 is 0 Å². The molecule has 1 fully saturated rings. The van der Waals surface area contributed by atoms with E-state index < -0.39 is 0 Å². The number of aryl methyl sites for hydroxylation is 1. The summed E-state index contributed by atoms with van der Waals surface area (Å²) in [6.45, 7) is 3.62. The van der Waals surface area contributed by atoms with Gasteiger partial charge in [0.25, 0.3) is 5.91 Å². The van der Waals surface area contributed by atoms with Crippen LogP contribution in [0.1, 0.15) is 29.5 Å². The first-order chi connectivity index (χ1) is 17.4. The highest BCUT2D eigenvalue weighted by molar-refractivity contribution is 7.80. The third-order valence-electron chi connectivity index (χ3n) is 6.43. The molecule has 0 radical (unpaired) electrons. The molecule has 1 amide bonds. The number of nitrogens with one attached hydrogen (secondary N) is 1. The first-order valence-corrected chi connectivity index (χ1v) is 12.9. The molecule has 36 heavy (non-hydrogen) atoms. The molecule has 7 heteroatoms. The monoisotopic (exact) mass is 522 g/mol. The molecule has 3 aromatic rings. The lowest BCUT2D eigenvalue weighted by Gasteiger charge is -2.34. The van der Waals surface area contributed by atoms with Gasteiger partial charge in [-0.15, -0.1) is 0 Å². The highest BCUT2D eigenvalue weighted by Crippen LogP contribution is 2.37. The molecule has 0 bridgehead atoms. The zero-order valence-electron chi connectivity index (χ0n) is 20.6. The summed E-state index contributed by atoms with van der Waals surface area (Å²) >= 11 is 12.4. The Kier molecular flexibility index (Phi) is 8.83. The molecule has 1 N–H and O–H groups in total. The molecule has 188 valence electrons. The summed E-state index contributed by atoms with van der Waals surface area (Å²) in [7, 11) is 1.55. The first kappa shape index (κ1) is 26.0. The van der Waals surface area contributed by atoms with E-state index in [-0.39, 0.29) is 12.5 Å². The maximum absolute atomic E-state index is 12.4. The second kappa shape index (κ2) is 12.2. The fraction of sp³-hybridized carbons (Fsp3) is 0.310. The van der Waals surface area contributed by atoms with E-state index in [4.69, 9.17) is 33.3 Å². The van der Waals surface area contributed by atoms with E-state index in [9.17, 15) is 4.79 Å². The van der Waals surface area contributed by atoms with E-state index in [1.165, 1.54) is 5.56 Å². The molecule has 3 aromatic carbocycles. The standard InChI is InChI=1S/C29H31ClN2O3S/c1-20-8-10-24(11-9-20)31-27(33)19-35-28-25(30)17-23(18-26(28)34-2)29(36)32-14-12-22(13-15-32)16-21-6-4-3-5-7-21/h3-11,17-18,22H,12-16,19H2,1-2H3,(H,31,33). The molecule has 0 saturated carbocycles. The van der Waals surface area contributed by atoms with E-state index in [0.717, 1.165) is 48.5 Å². The number of anilines is 1. The number of nitrogens with zero attached hydrogens (tertiary/aromatic N) is 1. The Morgan fingerprint density at radius 2 is 1.78 bits per heavy atom. The number of thiocarbonyl (C=S) groups is 1. The van der Waals surface area contributed by atoms with Crippen LogP contribution in [0.2, 0.25) is 5.02 Å². The summed E-state index contributed by atoms with van der Waals surface area (Å²) in [6, 6.07) is 21.8. The van der Waals surface area contributed by atoms with Gasteiger partial charge in [0.2, 0.25) is 0 Å². The second-order valence-electron chi connectivity index (χ2n) is 9.12. The van der Waals surface area contributed by atoms with Crippen molar-refractivity contribution in [1.29, 1.82) is 0 Å². The number of rotatable bonds is 8. The lowest BCUT2D eigenvalue weighted by molar-refractivity contribution is -0.118.